The Bertz CT molecular complexity index is 423. The molecule has 2 unspecified atom stereocenters. The number of aromatic nitrogens is 2. The van der Waals surface area contributed by atoms with E-state index in [1.54, 1.807) is 0 Å². The summed E-state index contributed by atoms with van der Waals surface area (Å²) in [6.07, 6.45) is 6.41. The van der Waals surface area contributed by atoms with Crippen LogP contribution in [0.2, 0.25) is 5.15 Å². The van der Waals surface area contributed by atoms with Crippen LogP contribution in [-0.4, -0.2) is 16.1 Å². The molecular weight excluding hydrogens is 248 g/mol. The zero-order chi connectivity index (χ0) is 13.1. The van der Waals surface area contributed by atoms with Gasteiger partial charge >= 0.3 is 0 Å². The fourth-order valence-electron chi connectivity index (χ4n) is 2.62. The van der Waals surface area contributed by atoms with E-state index in [9.17, 15) is 0 Å². The minimum Gasteiger partial charge on any atom is -0.474 e. The molecule has 0 N–H and O–H groups in total. The Hall–Kier alpha value is -0.830. The van der Waals surface area contributed by atoms with Gasteiger partial charge in [0, 0.05) is 5.56 Å². The molecule has 0 spiro atoms. The van der Waals surface area contributed by atoms with E-state index >= 15 is 0 Å². The molecule has 0 aliphatic heterocycles. The van der Waals surface area contributed by atoms with Crippen molar-refractivity contribution >= 4 is 11.6 Å². The van der Waals surface area contributed by atoms with Crippen LogP contribution in [0.3, 0.4) is 0 Å². The van der Waals surface area contributed by atoms with Gasteiger partial charge in [-0.25, -0.2) is 4.98 Å². The Kier molecular flexibility index (Phi) is 4.44. The molecule has 100 valence electrons. The topological polar surface area (TPSA) is 35.0 Å². The van der Waals surface area contributed by atoms with Gasteiger partial charge in [-0.3, -0.25) is 0 Å². The SMILES string of the molecule is CCC1CCCCC1Oc1nc(C)nc(Cl)c1C. The third-order valence-corrected chi connectivity index (χ3v) is 4.15. The van der Waals surface area contributed by atoms with Gasteiger partial charge in [-0.05, 0) is 45.4 Å². The molecule has 2 atom stereocenters. The number of ether oxygens (including phenoxy) is 1. The monoisotopic (exact) mass is 268 g/mol. The number of hydrogen-bond acceptors (Lipinski definition) is 3. The molecule has 4 heteroatoms. The van der Waals surface area contributed by atoms with E-state index in [1.807, 2.05) is 13.8 Å². The fourth-order valence-corrected chi connectivity index (χ4v) is 2.83. The summed E-state index contributed by atoms with van der Waals surface area (Å²) in [5, 5.41) is 0.501. The average Bonchev–Trinajstić information content (AvgIpc) is 2.36. The molecule has 1 aromatic rings. The molecule has 0 radical (unpaired) electrons. The van der Waals surface area contributed by atoms with Crippen LogP contribution in [0.25, 0.3) is 0 Å². The van der Waals surface area contributed by atoms with E-state index in [2.05, 4.69) is 16.9 Å². The first-order valence-corrected chi connectivity index (χ1v) is 7.17. The molecule has 0 bridgehead atoms. The first kappa shape index (κ1) is 13.6. The third kappa shape index (κ3) is 2.94. The molecule has 3 nitrogen and oxygen atoms in total. The van der Waals surface area contributed by atoms with E-state index in [1.165, 1.54) is 25.7 Å². The highest BCUT2D eigenvalue weighted by Crippen LogP contribution is 2.31. The molecule has 1 fully saturated rings. The van der Waals surface area contributed by atoms with Gasteiger partial charge in [0.2, 0.25) is 5.88 Å². The van der Waals surface area contributed by atoms with E-state index < -0.39 is 0 Å². The molecule has 1 heterocycles. The second kappa shape index (κ2) is 5.87. The molecule has 1 aromatic heterocycles. The average molecular weight is 269 g/mol. The van der Waals surface area contributed by atoms with Gasteiger partial charge in [-0.2, -0.15) is 4.98 Å². The lowest BCUT2D eigenvalue weighted by Crippen LogP contribution is -2.30. The first-order valence-electron chi connectivity index (χ1n) is 6.79. The highest BCUT2D eigenvalue weighted by molar-refractivity contribution is 6.30. The van der Waals surface area contributed by atoms with Gasteiger partial charge in [0.1, 0.15) is 17.1 Å². The highest BCUT2D eigenvalue weighted by Gasteiger charge is 2.26. The van der Waals surface area contributed by atoms with Crippen LogP contribution >= 0.6 is 11.6 Å². The van der Waals surface area contributed by atoms with Gasteiger partial charge < -0.3 is 4.74 Å². The fraction of sp³-hybridized carbons (Fsp3) is 0.714. The standard InChI is InChI=1S/C14H21ClN2O/c1-4-11-7-5-6-8-12(11)18-14-9(2)13(15)16-10(3)17-14/h11-12H,4-8H2,1-3H3. The van der Waals surface area contributed by atoms with Crippen LogP contribution in [0.5, 0.6) is 5.88 Å². The summed E-state index contributed by atoms with van der Waals surface area (Å²) in [5.74, 6) is 1.98. The molecule has 0 aromatic carbocycles. The van der Waals surface area contributed by atoms with E-state index in [0.717, 1.165) is 12.0 Å². The van der Waals surface area contributed by atoms with Crippen molar-refractivity contribution in [1.82, 2.24) is 9.97 Å². The van der Waals surface area contributed by atoms with Gasteiger partial charge in [-0.1, -0.05) is 24.9 Å². The van der Waals surface area contributed by atoms with Crippen molar-refractivity contribution in [3.05, 3.63) is 16.5 Å². The number of nitrogens with zero attached hydrogens (tertiary/aromatic N) is 2. The van der Waals surface area contributed by atoms with E-state index in [0.29, 0.717) is 22.8 Å². The summed E-state index contributed by atoms with van der Waals surface area (Å²) in [5.41, 5.74) is 0.850. The first-order chi connectivity index (χ1) is 8.61. The van der Waals surface area contributed by atoms with Gasteiger partial charge in [0.15, 0.2) is 0 Å². The predicted octanol–water partition coefficient (Wildman–Crippen LogP) is 4.09. The summed E-state index contributed by atoms with van der Waals surface area (Å²) in [7, 11) is 0. The Morgan fingerprint density at radius 1 is 1.22 bits per heavy atom. The maximum Gasteiger partial charge on any atom is 0.221 e. The molecule has 2 rings (SSSR count). The minimum atomic E-state index is 0.285. The normalized spacial score (nSPS) is 24.0. The predicted molar refractivity (Wildman–Crippen MR) is 73.2 cm³/mol. The quantitative estimate of drug-likeness (QED) is 0.775. The third-order valence-electron chi connectivity index (χ3n) is 3.78. The lowest BCUT2D eigenvalue weighted by Gasteiger charge is -2.31. The van der Waals surface area contributed by atoms with Crippen molar-refractivity contribution in [2.45, 2.75) is 59.0 Å². The Balaban J connectivity index is 2.17. The Morgan fingerprint density at radius 2 is 1.94 bits per heavy atom. The Morgan fingerprint density at radius 3 is 2.67 bits per heavy atom. The Labute approximate surface area is 114 Å². The number of halogens is 1. The van der Waals surface area contributed by atoms with Crippen LogP contribution in [0.15, 0.2) is 0 Å². The van der Waals surface area contributed by atoms with Gasteiger partial charge in [0.25, 0.3) is 0 Å². The van der Waals surface area contributed by atoms with Crippen molar-refractivity contribution in [2.24, 2.45) is 5.92 Å². The lowest BCUT2D eigenvalue weighted by atomic mass is 9.85. The molecular formula is C14H21ClN2O. The summed E-state index contributed by atoms with van der Waals surface area (Å²) >= 11 is 6.08. The van der Waals surface area contributed by atoms with Crippen LogP contribution < -0.4 is 4.74 Å². The second-order valence-electron chi connectivity index (χ2n) is 5.10. The van der Waals surface area contributed by atoms with Gasteiger partial charge in [-0.15, -0.1) is 0 Å². The molecule has 1 aliphatic rings. The summed E-state index contributed by atoms with van der Waals surface area (Å²) in [4.78, 5) is 8.52. The smallest absolute Gasteiger partial charge is 0.221 e. The van der Waals surface area contributed by atoms with E-state index in [-0.39, 0.29) is 6.10 Å². The van der Waals surface area contributed by atoms with E-state index in [4.69, 9.17) is 16.3 Å². The molecule has 1 aliphatic carbocycles. The van der Waals surface area contributed by atoms with Crippen LogP contribution in [0.4, 0.5) is 0 Å². The van der Waals surface area contributed by atoms with Gasteiger partial charge in [0.05, 0.1) is 0 Å². The molecule has 1 saturated carbocycles. The highest BCUT2D eigenvalue weighted by atomic mass is 35.5. The molecule has 0 saturated heterocycles. The second-order valence-corrected chi connectivity index (χ2v) is 5.46. The largest absolute Gasteiger partial charge is 0.474 e. The van der Waals surface area contributed by atoms with Crippen molar-refractivity contribution in [3.8, 4) is 5.88 Å². The van der Waals surface area contributed by atoms with Crippen molar-refractivity contribution in [1.29, 1.82) is 0 Å². The minimum absolute atomic E-state index is 0.285. The zero-order valence-corrected chi connectivity index (χ0v) is 12.1. The number of hydrogen-bond donors (Lipinski definition) is 0. The number of rotatable bonds is 3. The van der Waals surface area contributed by atoms with Crippen LogP contribution in [-0.2, 0) is 0 Å². The maximum absolute atomic E-state index is 6.12. The summed E-state index contributed by atoms with van der Waals surface area (Å²) < 4.78 is 6.12. The zero-order valence-electron chi connectivity index (χ0n) is 11.4. The molecule has 18 heavy (non-hydrogen) atoms. The summed E-state index contributed by atoms with van der Waals surface area (Å²) in [6.45, 7) is 5.99. The number of aryl methyl sites for hydroxylation is 1. The van der Waals surface area contributed by atoms with Crippen LogP contribution in [0.1, 0.15) is 50.4 Å². The van der Waals surface area contributed by atoms with Crippen molar-refractivity contribution in [2.75, 3.05) is 0 Å². The van der Waals surface area contributed by atoms with Crippen molar-refractivity contribution < 1.29 is 4.74 Å². The van der Waals surface area contributed by atoms with Crippen LogP contribution in [0, 0.1) is 19.8 Å². The lowest BCUT2D eigenvalue weighted by molar-refractivity contribution is 0.0848. The van der Waals surface area contributed by atoms with Crippen molar-refractivity contribution in [3.63, 3.8) is 0 Å². The molecule has 0 amide bonds. The summed E-state index contributed by atoms with van der Waals surface area (Å²) in [6, 6.07) is 0. The maximum atomic E-state index is 6.12.